The lowest BCUT2D eigenvalue weighted by molar-refractivity contribution is -0.124. The van der Waals surface area contributed by atoms with Crippen LogP contribution in [0.5, 0.6) is 0 Å². The normalized spacial score (nSPS) is 35.1. The molecule has 0 aromatic heterocycles. The molecule has 0 saturated heterocycles. The third-order valence-electron chi connectivity index (χ3n) is 11.7. The summed E-state index contributed by atoms with van der Waals surface area (Å²) in [6, 6.07) is 0. The molecule has 7 atom stereocenters. The van der Waals surface area contributed by atoms with Gasteiger partial charge < -0.3 is 15.3 Å². The maximum absolute atomic E-state index is 12.9. The molecule has 0 heterocycles. The van der Waals surface area contributed by atoms with Crippen molar-refractivity contribution in [2.75, 3.05) is 0 Å². The molecule has 0 radical (unpaired) electrons. The first-order chi connectivity index (χ1) is 19.1. The molecule has 3 N–H and O–H groups in total. The Morgan fingerprint density at radius 3 is 2.55 bits per heavy atom. The van der Waals surface area contributed by atoms with E-state index in [1.54, 1.807) is 0 Å². The van der Waals surface area contributed by atoms with Crippen LogP contribution in [0.15, 0.2) is 35.5 Å². The number of rotatable bonds is 14. The SMILES string of the molecule is C=C1/C(=C\C=C2/CCC[C@]3(C)[C@@H]([C@H](C)[C@H](O)CCCC4(C(=O)CCCCCCC)CC4)CC[C@@H]23)C[C@@H](O)C[C@@H]1O. The minimum atomic E-state index is -0.647. The third kappa shape index (κ3) is 7.21. The number of carbonyl (C=O) groups is 1. The van der Waals surface area contributed by atoms with E-state index in [1.165, 1.54) is 50.5 Å². The molecule has 4 aliphatic carbocycles. The van der Waals surface area contributed by atoms with Crippen LogP contribution in [0.3, 0.4) is 0 Å². The summed E-state index contributed by atoms with van der Waals surface area (Å²) < 4.78 is 0. The van der Waals surface area contributed by atoms with Gasteiger partial charge in [-0.2, -0.15) is 0 Å². The fraction of sp³-hybridized carbons (Fsp3) is 0.806. The van der Waals surface area contributed by atoms with Crippen LogP contribution >= 0.6 is 0 Å². The molecule has 0 spiro atoms. The van der Waals surface area contributed by atoms with E-state index in [-0.39, 0.29) is 22.9 Å². The maximum Gasteiger partial charge on any atom is 0.139 e. The lowest BCUT2D eigenvalue weighted by Gasteiger charge is -2.45. The molecule has 0 unspecified atom stereocenters. The molecule has 4 rings (SSSR count). The first-order valence-electron chi connectivity index (χ1n) is 16.8. The quantitative estimate of drug-likeness (QED) is 0.190. The molecule has 4 heteroatoms. The lowest BCUT2D eigenvalue weighted by atomic mass is 9.60. The number of carbonyl (C=O) groups excluding carboxylic acids is 1. The second-order valence-electron chi connectivity index (χ2n) is 14.4. The number of ketones is 1. The number of hydrogen-bond donors (Lipinski definition) is 3. The Bertz CT molecular complexity index is 942. The molecule has 0 aromatic rings. The number of aliphatic hydroxyl groups excluding tert-OH is 3. The van der Waals surface area contributed by atoms with E-state index in [0.717, 1.165) is 68.9 Å². The summed E-state index contributed by atoms with van der Waals surface area (Å²) in [5.41, 5.74) is 3.38. The number of allylic oxidation sites excluding steroid dienone is 3. The maximum atomic E-state index is 12.9. The molecule has 226 valence electrons. The van der Waals surface area contributed by atoms with Gasteiger partial charge in [0, 0.05) is 18.3 Å². The topological polar surface area (TPSA) is 77.8 Å². The largest absolute Gasteiger partial charge is 0.393 e. The highest BCUT2D eigenvalue weighted by molar-refractivity contribution is 5.87. The standard InChI is InChI=1S/C36H58O4/c1-5-6-7-8-9-14-34(40)36(21-22-36)20-11-13-32(38)26(3)30-17-18-31-27(12-10-19-35(30,31)4)15-16-28-23-29(37)24-33(39)25(28)2/h15-16,26,29-33,37-39H,2,5-14,17-24H2,1,3-4H3/b27-15+,28-16-/t26-,29+,30+,31-,32+,33-,35+/m0/s1. The molecule has 4 nitrogen and oxygen atoms in total. The van der Waals surface area contributed by atoms with Gasteiger partial charge in [0.05, 0.1) is 18.3 Å². The second-order valence-corrected chi connectivity index (χ2v) is 14.4. The van der Waals surface area contributed by atoms with Crippen LogP contribution in [0.25, 0.3) is 0 Å². The fourth-order valence-electron chi connectivity index (χ4n) is 8.76. The fourth-order valence-corrected chi connectivity index (χ4v) is 8.76. The smallest absolute Gasteiger partial charge is 0.139 e. The van der Waals surface area contributed by atoms with E-state index in [4.69, 9.17) is 0 Å². The van der Waals surface area contributed by atoms with Gasteiger partial charge in [0.15, 0.2) is 0 Å². The summed E-state index contributed by atoms with van der Waals surface area (Å²) in [7, 11) is 0. The van der Waals surface area contributed by atoms with Crippen LogP contribution in [-0.2, 0) is 4.79 Å². The Labute approximate surface area is 244 Å². The Balaban J connectivity index is 1.29. The minimum Gasteiger partial charge on any atom is -0.393 e. The van der Waals surface area contributed by atoms with Crippen molar-refractivity contribution in [3.05, 3.63) is 35.5 Å². The number of aliphatic hydroxyl groups is 3. The molecule has 0 aliphatic heterocycles. The van der Waals surface area contributed by atoms with Crippen molar-refractivity contribution >= 4 is 5.78 Å². The first-order valence-corrected chi connectivity index (χ1v) is 16.8. The predicted molar refractivity (Wildman–Crippen MR) is 164 cm³/mol. The number of Topliss-reactive ketones (excluding diaryl/α,β-unsaturated/α-hetero) is 1. The molecule has 4 saturated carbocycles. The summed E-state index contributed by atoms with van der Waals surface area (Å²) in [5.74, 6) is 1.81. The van der Waals surface area contributed by atoms with E-state index in [1.807, 2.05) is 0 Å². The highest BCUT2D eigenvalue weighted by atomic mass is 16.3. The highest BCUT2D eigenvalue weighted by Crippen LogP contribution is 2.60. The van der Waals surface area contributed by atoms with Gasteiger partial charge in [-0.15, -0.1) is 0 Å². The highest BCUT2D eigenvalue weighted by Gasteiger charge is 2.52. The molecule has 0 aromatic carbocycles. The summed E-state index contributed by atoms with van der Waals surface area (Å²) in [6.45, 7) is 11.0. The Morgan fingerprint density at radius 2 is 1.82 bits per heavy atom. The van der Waals surface area contributed by atoms with E-state index < -0.39 is 12.2 Å². The number of hydrogen-bond acceptors (Lipinski definition) is 4. The molecular formula is C36H58O4. The molecule has 4 aliphatic rings. The molecule has 0 bridgehead atoms. The van der Waals surface area contributed by atoms with E-state index in [9.17, 15) is 20.1 Å². The average molecular weight is 555 g/mol. The van der Waals surface area contributed by atoms with E-state index in [2.05, 4.69) is 39.5 Å². The monoisotopic (exact) mass is 554 g/mol. The van der Waals surface area contributed by atoms with Crippen molar-refractivity contribution in [1.82, 2.24) is 0 Å². The van der Waals surface area contributed by atoms with Crippen LogP contribution in [0, 0.1) is 28.6 Å². The molecule has 40 heavy (non-hydrogen) atoms. The van der Waals surface area contributed by atoms with Gasteiger partial charge in [-0.05, 0) is 111 Å². The Hall–Kier alpha value is -1.23. The van der Waals surface area contributed by atoms with Gasteiger partial charge in [0.1, 0.15) is 5.78 Å². The zero-order valence-corrected chi connectivity index (χ0v) is 25.8. The van der Waals surface area contributed by atoms with E-state index >= 15 is 0 Å². The minimum absolute atomic E-state index is 0.0502. The van der Waals surface area contributed by atoms with Crippen LogP contribution < -0.4 is 0 Å². The number of unbranched alkanes of at least 4 members (excludes halogenated alkanes) is 4. The van der Waals surface area contributed by atoms with Gasteiger partial charge in [0.25, 0.3) is 0 Å². The van der Waals surface area contributed by atoms with Gasteiger partial charge in [-0.3, -0.25) is 4.79 Å². The summed E-state index contributed by atoms with van der Waals surface area (Å²) in [6.07, 6.45) is 21.3. The Morgan fingerprint density at radius 1 is 1.07 bits per heavy atom. The van der Waals surface area contributed by atoms with Crippen molar-refractivity contribution in [1.29, 1.82) is 0 Å². The van der Waals surface area contributed by atoms with E-state index in [0.29, 0.717) is 30.5 Å². The van der Waals surface area contributed by atoms with Crippen molar-refractivity contribution in [2.45, 2.75) is 155 Å². The van der Waals surface area contributed by atoms with Crippen molar-refractivity contribution in [3.8, 4) is 0 Å². The zero-order chi connectivity index (χ0) is 28.9. The van der Waals surface area contributed by atoms with Crippen LogP contribution in [0.4, 0.5) is 0 Å². The number of fused-ring (bicyclic) bond motifs is 1. The Kier molecular flexibility index (Phi) is 11.0. The van der Waals surface area contributed by atoms with Gasteiger partial charge in [-0.25, -0.2) is 0 Å². The van der Waals surface area contributed by atoms with Crippen molar-refractivity contribution in [2.24, 2.45) is 28.6 Å². The van der Waals surface area contributed by atoms with Gasteiger partial charge >= 0.3 is 0 Å². The van der Waals surface area contributed by atoms with Gasteiger partial charge in [-0.1, -0.05) is 70.8 Å². The van der Waals surface area contributed by atoms with Crippen molar-refractivity contribution < 1.29 is 20.1 Å². The molecule has 0 amide bonds. The van der Waals surface area contributed by atoms with Crippen molar-refractivity contribution in [3.63, 3.8) is 0 Å². The first kappa shape index (κ1) is 31.7. The van der Waals surface area contributed by atoms with Crippen LogP contribution in [0.2, 0.25) is 0 Å². The average Bonchev–Trinajstić information content (AvgIpc) is 3.63. The van der Waals surface area contributed by atoms with Crippen LogP contribution in [-0.4, -0.2) is 39.4 Å². The summed E-state index contributed by atoms with van der Waals surface area (Å²) in [5, 5.41) is 31.7. The van der Waals surface area contributed by atoms with Crippen LogP contribution in [0.1, 0.15) is 136 Å². The molecular weight excluding hydrogens is 496 g/mol. The summed E-state index contributed by atoms with van der Waals surface area (Å²) in [4.78, 5) is 12.9. The lowest BCUT2D eigenvalue weighted by Crippen LogP contribution is -2.39. The summed E-state index contributed by atoms with van der Waals surface area (Å²) >= 11 is 0. The molecule has 4 fully saturated rings. The zero-order valence-electron chi connectivity index (χ0n) is 25.8. The third-order valence-corrected chi connectivity index (χ3v) is 11.7. The second kappa shape index (κ2) is 13.8. The van der Waals surface area contributed by atoms with Gasteiger partial charge in [0.2, 0.25) is 0 Å². The predicted octanol–water partition coefficient (Wildman–Crippen LogP) is 8.00.